The number of aryl methyl sites for hydroxylation is 4. The molecule has 154 valence electrons. The van der Waals surface area contributed by atoms with Crippen molar-refractivity contribution in [3.63, 3.8) is 0 Å². The first-order chi connectivity index (χ1) is 13.8. The molecule has 0 aromatic carbocycles. The van der Waals surface area contributed by atoms with Gasteiger partial charge in [0.1, 0.15) is 5.82 Å². The number of fused-ring (bicyclic) bond motifs is 1. The van der Waals surface area contributed by atoms with Gasteiger partial charge in [0.05, 0.1) is 5.69 Å². The van der Waals surface area contributed by atoms with Gasteiger partial charge in [-0.25, -0.2) is 4.98 Å². The van der Waals surface area contributed by atoms with E-state index in [0.29, 0.717) is 11.6 Å². The maximum Gasteiger partial charge on any atom is 0.274 e. The molecular weight excluding hydrogens is 366 g/mol. The molecule has 1 aliphatic rings. The normalized spacial score (nSPS) is 15.3. The van der Waals surface area contributed by atoms with E-state index >= 15 is 0 Å². The molecule has 1 saturated heterocycles. The smallest absolute Gasteiger partial charge is 0.274 e. The molecule has 0 N–H and O–H groups in total. The first-order valence-electron chi connectivity index (χ1n) is 10.2. The lowest BCUT2D eigenvalue weighted by Crippen LogP contribution is -2.40. The zero-order valence-electron chi connectivity index (χ0n) is 17.9. The number of anilines is 1. The van der Waals surface area contributed by atoms with Crippen molar-refractivity contribution in [1.82, 2.24) is 29.3 Å². The van der Waals surface area contributed by atoms with Crippen LogP contribution in [0.5, 0.6) is 0 Å². The van der Waals surface area contributed by atoms with Crippen LogP contribution < -0.4 is 4.90 Å². The summed E-state index contributed by atoms with van der Waals surface area (Å²) in [6.07, 6.45) is 2.09. The highest BCUT2D eigenvalue weighted by Gasteiger charge is 2.25. The zero-order valence-corrected chi connectivity index (χ0v) is 17.9. The highest BCUT2D eigenvalue weighted by molar-refractivity contribution is 5.92. The molecule has 3 aromatic heterocycles. The zero-order chi connectivity index (χ0) is 20.7. The molecule has 1 fully saturated rings. The van der Waals surface area contributed by atoms with Crippen LogP contribution in [-0.2, 0) is 7.05 Å². The molecular formula is C21H29N7O. The maximum absolute atomic E-state index is 12.7. The van der Waals surface area contributed by atoms with Crippen molar-refractivity contribution < 1.29 is 4.79 Å². The van der Waals surface area contributed by atoms with Gasteiger partial charge in [-0.15, -0.1) is 0 Å². The minimum Gasteiger partial charge on any atom is -0.356 e. The number of rotatable bonds is 4. The second-order valence-electron chi connectivity index (χ2n) is 8.22. The minimum absolute atomic E-state index is 0.00499. The van der Waals surface area contributed by atoms with Gasteiger partial charge in [-0.05, 0) is 45.6 Å². The first-order valence-corrected chi connectivity index (χ1v) is 10.2. The molecule has 1 amide bonds. The number of amides is 1. The van der Waals surface area contributed by atoms with Crippen LogP contribution in [-0.4, -0.2) is 61.9 Å². The topological polar surface area (TPSA) is 71.6 Å². The predicted molar refractivity (Wildman–Crippen MR) is 112 cm³/mol. The third-order valence-corrected chi connectivity index (χ3v) is 5.81. The van der Waals surface area contributed by atoms with Crippen LogP contribution in [0.1, 0.15) is 40.4 Å². The fourth-order valence-corrected chi connectivity index (χ4v) is 4.10. The van der Waals surface area contributed by atoms with Crippen molar-refractivity contribution >= 4 is 17.4 Å². The lowest BCUT2D eigenvalue weighted by Gasteiger charge is -2.35. The second-order valence-corrected chi connectivity index (χ2v) is 8.22. The van der Waals surface area contributed by atoms with Gasteiger partial charge in [0.25, 0.3) is 5.91 Å². The first kappa shape index (κ1) is 19.4. The van der Waals surface area contributed by atoms with Gasteiger partial charge in [-0.3, -0.25) is 9.48 Å². The van der Waals surface area contributed by atoms with E-state index in [1.54, 1.807) is 4.68 Å². The van der Waals surface area contributed by atoms with Crippen LogP contribution >= 0.6 is 0 Å². The average molecular weight is 396 g/mol. The van der Waals surface area contributed by atoms with Crippen LogP contribution in [0, 0.1) is 26.7 Å². The number of piperidine rings is 1. The van der Waals surface area contributed by atoms with Crippen molar-refractivity contribution in [2.45, 2.75) is 33.6 Å². The Labute approximate surface area is 171 Å². The monoisotopic (exact) mass is 395 g/mol. The third-order valence-electron chi connectivity index (χ3n) is 5.81. The van der Waals surface area contributed by atoms with Gasteiger partial charge >= 0.3 is 0 Å². The second kappa shape index (κ2) is 7.50. The Bertz CT molecular complexity index is 1020. The summed E-state index contributed by atoms with van der Waals surface area (Å²) in [4.78, 5) is 21.5. The molecule has 0 aliphatic carbocycles. The van der Waals surface area contributed by atoms with Gasteiger partial charge in [-0.1, -0.05) is 0 Å². The Balaban J connectivity index is 1.40. The van der Waals surface area contributed by atoms with Gasteiger partial charge in [0, 0.05) is 57.3 Å². The van der Waals surface area contributed by atoms with E-state index in [-0.39, 0.29) is 5.91 Å². The SMILES string of the molecule is Cc1cc(N2CCC(CN(C)C(=O)c3cc(C)n(C)n3)CC2)n2nc(C)cc2n1. The average Bonchev–Trinajstić information content (AvgIpc) is 3.22. The van der Waals surface area contributed by atoms with Gasteiger partial charge in [-0.2, -0.15) is 14.7 Å². The summed E-state index contributed by atoms with van der Waals surface area (Å²) in [5, 5.41) is 8.93. The van der Waals surface area contributed by atoms with Crippen molar-refractivity contribution in [3.8, 4) is 0 Å². The van der Waals surface area contributed by atoms with Crippen LogP contribution in [0.2, 0.25) is 0 Å². The highest BCUT2D eigenvalue weighted by Crippen LogP contribution is 2.25. The molecule has 0 radical (unpaired) electrons. The molecule has 8 nitrogen and oxygen atoms in total. The van der Waals surface area contributed by atoms with Crippen LogP contribution in [0.3, 0.4) is 0 Å². The van der Waals surface area contributed by atoms with Crippen molar-refractivity contribution in [3.05, 3.63) is 41.0 Å². The Morgan fingerprint density at radius 1 is 1.10 bits per heavy atom. The van der Waals surface area contributed by atoms with E-state index in [2.05, 4.69) is 26.1 Å². The van der Waals surface area contributed by atoms with Crippen molar-refractivity contribution in [1.29, 1.82) is 0 Å². The molecule has 3 aromatic rings. The van der Waals surface area contributed by atoms with Gasteiger partial charge in [0.2, 0.25) is 0 Å². The van der Waals surface area contributed by atoms with Crippen molar-refractivity contribution in [2.75, 3.05) is 31.6 Å². The third kappa shape index (κ3) is 3.83. The molecule has 4 rings (SSSR count). The number of carbonyl (C=O) groups is 1. The molecule has 29 heavy (non-hydrogen) atoms. The Morgan fingerprint density at radius 2 is 1.83 bits per heavy atom. The summed E-state index contributed by atoms with van der Waals surface area (Å²) < 4.78 is 3.69. The minimum atomic E-state index is -0.00499. The maximum atomic E-state index is 12.7. The van der Waals surface area contributed by atoms with Crippen LogP contribution in [0.15, 0.2) is 18.2 Å². The predicted octanol–water partition coefficient (Wildman–Crippen LogP) is 2.38. The van der Waals surface area contributed by atoms with E-state index < -0.39 is 0 Å². The fourth-order valence-electron chi connectivity index (χ4n) is 4.10. The van der Waals surface area contributed by atoms with Crippen LogP contribution in [0.25, 0.3) is 5.65 Å². The Morgan fingerprint density at radius 3 is 2.48 bits per heavy atom. The molecule has 0 spiro atoms. The molecule has 4 heterocycles. The molecule has 8 heteroatoms. The van der Waals surface area contributed by atoms with Gasteiger partial charge < -0.3 is 9.80 Å². The lowest BCUT2D eigenvalue weighted by atomic mass is 9.96. The summed E-state index contributed by atoms with van der Waals surface area (Å²) in [5.74, 6) is 1.59. The lowest BCUT2D eigenvalue weighted by molar-refractivity contribution is 0.0758. The molecule has 1 aliphatic heterocycles. The number of hydrogen-bond acceptors (Lipinski definition) is 5. The van der Waals surface area contributed by atoms with Crippen molar-refractivity contribution in [2.24, 2.45) is 13.0 Å². The van der Waals surface area contributed by atoms with Gasteiger partial charge in [0.15, 0.2) is 11.3 Å². The van der Waals surface area contributed by atoms with E-state index in [1.807, 2.05) is 56.4 Å². The number of aromatic nitrogens is 5. The van der Waals surface area contributed by atoms with E-state index in [4.69, 9.17) is 0 Å². The largest absolute Gasteiger partial charge is 0.356 e. The summed E-state index contributed by atoms with van der Waals surface area (Å²) in [6, 6.07) is 5.98. The summed E-state index contributed by atoms with van der Waals surface area (Å²) in [7, 11) is 3.74. The number of nitrogens with zero attached hydrogens (tertiary/aromatic N) is 7. The molecule has 0 saturated carbocycles. The fraction of sp³-hybridized carbons (Fsp3) is 0.524. The molecule has 0 bridgehead atoms. The Kier molecular flexibility index (Phi) is 5.02. The molecule has 0 unspecified atom stereocenters. The van der Waals surface area contributed by atoms with E-state index in [9.17, 15) is 4.79 Å². The summed E-state index contributed by atoms with van der Waals surface area (Å²) in [6.45, 7) is 8.64. The quantitative estimate of drug-likeness (QED) is 0.678. The van der Waals surface area contributed by atoms with E-state index in [0.717, 1.165) is 61.0 Å². The van der Waals surface area contributed by atoms with E-state index in [1.165, 1.54) is 0 Å². The molecule has 0 atom stereocenters. The standard InChI is InChI=1S/C21H29N7O/c1-14-11-20(28-19(22-14)10-15(2)23-28)27-8-6-17(7-9-27)13-25(4)21(29)18-12-16(3)26(5)24-18/h10-12,17H,6-9,13H2,1-5H3. The van der Waals surface area contributed by atoms with Crippen LogP contribution in [0.4, 0.5) is 5.82 Å². The summed E-state index contributed by atoms with van der Waals surface area (Å²) >= 11 is 0. The number of hydrogen-bond donors (Lipinski definition) is 0. The summed E-state index contributed by atoms with van der Waals surface area (Å²) in [5.41, 5.74) is 4.39. The number of carbonyl (C=O) groups excluding carboxylic acids is 1. The highest BCUT2D eigenvalue weighted by atomic mass is 16.2. The Hall–Kier alpha value is -2.90.